The van der Waals surface area contributed by atoms with Crippen molar-refractivity contribution >= 4 is 36.4 Å². The molecule has 6 rings (SSSR count). The monoisotopic (exact) mass is 666 g/mol. The van der Waals surface area contributed by atoms with Crippen LogP contribution in [0.2, 0.25) is 0 Å². The van der Waals surface area contributed by atoms with Gasteiger partial charge in [0.05, 0.1) is 51.3 Å². The van der Waals surface area contributed by atoms with E-state index in [-0.39, 0.29) is 18.2 Å². The Kier molecular flexibility index (Phi) is 11.6. The molecule has 49 heavy (non-hydrogen) atoms. The Morgan fingerprint density at radius 3 is 2.55 bits per heavy atom. The standard InChI is InChI=1S/C36H39BN4O8/c38-21-25-5-6-27(49-28-7-8-31-26(20-28)23-48-37-31)19-24(25)11-14-46-16-18-47-17-15-45-13-2-12-39-32-4-1-3-29-30(32)22-41(36(29)44)33-9-10-34(42)40-35(33)43/h1,3-8,19-20,33,37,39H,2,9-18,22-23H2,(H,40,42,43). The number of imide groups is 1. The zero-order chi connectivity index (χ0) is 34.0. The van der Waals surface area contributed by atoms with Gasteiger partial charge in [0.15, 0.2) is 0 Å². The molecule has 254 valence electrons. The summed E-state index contributed by atoms with van der Waals surface area (Å²) in [5.41, 5.74) is 6.09. The topological polar surface area (TPSA) is 148 Å². The molecule has 3 aromatic rings. The summed E-state index contributed by atoms with van der Waals surface area (Å²) >= 11 is 0. The number of fused-ring (bicyclic) bond motifs is 2. The van der Waals surface area contributed by atoms with Crippen LogP contribution in [0.3, 0.4) is 0 Å². The van der Waals surface area contributed by atoms with Crippen LogP contribution >= 0.6 is 0 Å². The van der Waals surface area contributed by atoms with Gasteiger partial charge in [-0.15, -0.1) is 0 Å². The van der Waals surface area contributed by atoms with Crippen LogP contribution < -0.4 is 20.8 Å². The number of nitrogens with zero attached hydrogens (tertiary/aromatic N) is 2. The molecule has 0 saturated carbocycles. The summed E-state index contributed by atoms with van der Waals surface area (Å²) in [6, 6.07) is 18.6. The number of anilines is 1. The molecule has 1 atom stereocenters. The van der Waals surface area contributed by atoms with Crippen LogP contribution in [0.1, 0.15) is 51.9 Å². The van der Waals surface area contributed by atoms with Crippen molar-refractivity contribution in [2.24, 2.45) is 0 Å². The van der Waals surface area contributed by atoms with E-state index in [0.29, 0.717) is 96.5 Å². The number of hydrogen-bond donors (Lipinski definition) is 2. The highest BCUT2D eigenvalue weighted by Crippen LogP contribution is 2.32. The highest BCUT2D eigenvalue weighted by Gasteiger charge is 2.39. The maximum absolute atomic E-state index is 13.0. The fourth-order valence-corrected chi connectivity index (χ4v) is 6.17. The highest BCUT2D eigenvalue weighted by molar-refractivity contribution is 6.48. The molecule has 3 aliphatic rings. The number of nitrogens with one attached hydrogen (secondary N) is 2. The molecule has 3 aromatic carbocycles. The molecule has 0 aromatic heterocycles. The molecule has 3 heterocycles. The number of ether oxygens (including phenoxy) is 4. The van der Waals surface area contributed by atoms with Gasteiger partial charge in [-0.1, -0.05) is 12.1 Å². The molecule has 0 aliphatic carbocycles. The van der Waals surface area contributed by atoms with E-state index in [1.54, 1.807) is 23.1 Å². The summed E-state index contributed by atoms with van der Waals surface area (Å²) in [5, 5.41) is 15.3. The van der Waals surface area contributed by atoms with Crippen molar-refractivity contribution in [2.75, 3.05) is 51.5 Å². The number of carbonyl (C=O) groups excluding carboxylic acids is 3. The lowest BCUT2D eigenvalue weighted by Gasteiger charge is -2.29. The van der Waals surface area contributed by atoms with Gasteiger partial charge in [-0.3, -0.25) is 19.7 Å². The first-order valence-corrected chi connectivity index (χ1v) is 16.6. The predicted molar refractivity (Wildman–Crippen MR) is 181 cm³/mol. The Labute approximate surface area is 285 Å². The van der Waals surface area contributed by atoms with Gasteiger partial charge in [0.2, 0.25) is 11.8 Å². The average molecular weight is 667 g/mol. The molecule has 12 nitrogen and oxygen atoms in total. The maximum Gasteiger partial charge on any atom is 0.309 e. The summed E-state index contributed by atoms with van der Waals surface area (Å²) < 4.78 is 28.6. The van der Waals surface area contributed by atoms with Gasteiger partial charge in [0.1, 0.15) is 17.5 Å². The number of nitriles is 1. The third-order valence-corrected chi connectivity index (χ3v) is 8.75. The molecule has 0 radical (unpaired) electrons. The minimum absolute atomic E-state index is 0.187. The zero-order valence-corrected chi connectivity index (χ0v) is 27.3. The number of rotatable bonds is 17. The SMILES string of the molecule is N#Cc1ccc(Oc2ccc3c(c2)COB3)cc1CCOCCOCCOCCCNc1cccc2c1CN(C1CCC(=O)NC1=O)C2=O. The Balaban J connectivity index is 0.819. The molecule has 13 heteroatoms. The number of hydrogen-bond acceptors (Lipinski definition) is 10. The lowest BCUT2D eigenvalue weighted by molar-refractivity contribution is -0.136. The van der Waals surface area contributed by atoms with Crippen molar-refractivity contribution < 1.29 is 38.0 Å². The summed E-state index contributed by atoms with van der Waals surface area (Å²) in [6.45, 7) is 4.37. The lowest BCUT2D eigenvalue weighted by Crippen LogP contribution is -2.52. The largest absolute Gasteiger partial charge is 0.457 e. The molecule has 3 amide bonds. The minimum Gasteiger partial charge on any atom is -0.457 e. The molecule has 2 N–H and O–H groups in total. The van der Waals surface area contributed by atoms with E-state index in [1.165, 1.54) is 5.46 Å². The molecular weight excluding hydrogens is 627 g/mol. The van der Waals surface area contributed by atoms with Crippen LogP contribution in [-0.2, 0) is 48.0 Å². The smallest absolute Gasteiger partial charge is 0.309 e. The molecule has 3 aliphatic heterocycles. The normalized spacial score (nSPS) is 16.5. The molecule has 1 fully saturated rings. The van der Waals surface area contributed by atoms with Crippen molar-refractivity contribution in [3.63, 3.8) is 0 Å². The number of amides is 3. The first kappa shape index (κ1) is 34.1. The van der Waals surface area contributed by atoms with E-state index in [1.807, 2.05) is 36.4 Å². The zero-order valence-electron chi connectivity index (χ0n) is 27.3. The average Bonchev–Trinajstić information content (AvgIpc) is 3.71. The maximum atomic E-state index is 13.0. The number of piperidine rings is 1. The third kappa shape index (κ3) is 8.65. The van der Waals surface area contributed by atoms with Gasteiger partial charge >= 0.3 is 7.48 Å². The Morgan fingerprint density at radius 2 is 1.73 bits per heavy atom. The number of carbonyl (C=O) groups is 3. The summed E-state index contributed by atoms with van der Waals surface area (Å²) in [4.78, 5) is 38.4. The highest BCUT2D eigenvalue weighted by atomic mass is 16.5. The fourth-order valence-electron chi connectivity index (χ4n) is 6.17. The van der Waals surface area contributed by atoms with E-state index in [4.69, 9.17) is 23.6 Å². The van der Waals surface area contributed by atoms with Crippen LogP contribution in [-0.4, -0.2) is 82.3 Å². The van der Waals surface area contributed by atoms with E-state index in [0.717, 1.165) is 34.5 Å². The summed E-state index contributed by atoms with van der Waals surface area (Å²) in [6.07, 6.45) is 1.91. The first-order chi connectivity index (χ1) is 24.0. The van der Waals surface area contributed by atoms with Crippen LogP contribution in [0, 0.1) is 11.3 Å². The predicted octanol–water partition coefficient (Wildman–Crippen LogP) is 2.71. The van der Waals surface area contributed by atoms with Crippen molar-refractivity contribution in [1.29, 1.82) is 5.26 Å². The second kappa shape index (κ2) is 16.6. The minimum atomic E-state index is -0.633. The van der Waals surface area contributed by atoms with E-state index >= 15 is 0 Å². The fraction of sp³-hybridized carbons (Fsp3) is 0.389. The van der Waals surface area contributed by atoms with E-state index in [9.17, 15) is 19.6 Å². The lowest BCUT2D eigenvalue weighted by atomic mass is 9.87. The van der Waals surface area contributed by atoms with Crippen LogP contribution in [0.15, 0.2) is 54.6 Å². The van der Waals surface area contributed by atoms with Crippen LogP contribution in [0.5, 0.6) is 11.5 Å². The van der Waals surface area contributed by atoms with Crippen molar-refractivity contribution in [3.8, 4) is 17.6 Å². The Morgan fingerprint density at radius 1 is 0.959 bits per heavy atom. The molecule has 1 saturated heterocycles. The molecule has 0 spiro atoms. The van der Waals surface area contributed by atoms with E-state index in [2.05, 4.69) is 16.7 Å². The van der Waals surface area contributed by atoms with Gasteiger partial charge < -0.3 is 33.8 Å². The van der Waals surface area contributed by atoms with Gasteiger partial charge in [0, 0.05) is 42.9 Å². The summed E-state index contributed by atoms with van der Waals surface area (Å²) in [5.74, 6) is 0.510. The van der Waals surface area contributed by atoms with Gasteiger partial charge in [0.25, 0.3) is 5.91 Å². The van der Waals surface area contributed by atoms with Crippen LogP contribution in [0.4, 0.5) is 5.69 Å². The van der Waals surface area contributed by atoms with Gasteiger partial charge in [-0.2, -0.15) is 5.26 Å². The Hall–Kier alpha value is -4.74. The molecule has 1 unspecified atom stereocenters. The van der Waals surface area contributed by atoms with Gasteiger partial charge in [-0.05, 0) is 78.3 Å². The van der Waals surface area contributed by atoms with Crippen molar-refractivity contribution in [3.05, 3.63) is 82.4 Å². The van der Waals surface area contributed by atoms with Crippen molar-refractivity contribution in [2.45, 2.75) is 44.9 Å². The first-order valence-electron chi connectivity index (χ1n) is 16.6. The number of benzene rings is 3. The Bertz CT molecular complexity index is 1730. The van der Waals surface area contributed by atoms with Gasteiger partial charge in [-0.25, -0.2) is 0 Å². The molecule has 0 bridgehead atoms. The van der Waals surface area contributed by atoms with E-state index < -0.39 is 11.9 Å². The van der Waals surface area contributed by atoms with Crippen molar-refractivity contribution in [1.82, 2.24) is 10.2 Å². The van der Waals surface area contributed by atoms with Crippen LogP contribution in [0.25, 0.3) is 0 Å². The second-order valence-electron chi connectivity index (χ2n) is 12.1. The second-order valence-corrected chi connectivity index (χ2v) is 12.1. The quantitative estimate of drug-likeness (QED) is 0.125. The summed E-state index contributed by atoms with van der Waals surface area (Å²) in [7, 11) is 0.635. The third-order valence-electron chi connectivity index (χ3n) is 8.75. The molecular formula is C36H39BN4O8.